The molecule has 0 aromatic carbocycles. The van der Waals surface area contributed by atoms with Crippen molar-refractivity contribution in [2.24, 2.45) is 5.92 Å². The fourth-order valence-electron chi connectivity index (χ4n) is 2.04. The molecule has 0 spiro atoms. The lowest BCUT2D eigenvalue weighted by Crippen LogP contribution is -2.48. The fraction of sp³-hybridized carbons (Fsp3) is 0.917. The van der Waals surface area contributed by atoms with Gasteiger partial charge in [0.1, 0.15) is 0 Å². The van der Waals surface area contributed by atoms with Crippen LogP contribution in [0.5, 0.6) is 0 Å². The Morgan fingerprint density at radius 3 is 2.75 bits per heavy atom. The van der Waals surface area contributed by atoms with Crippen molar-refractivity contribution in [2.75, 3.05) is 26.8 Å². The molecule has 3 unspecified atom stereocenters. The van der Waals surface area contributed by atoms with E-state index in [2.05, 4.69) is 12.2 Å². The molecule has 1 N–H and O–H groups in total. The molecule has 1 aliphatic rings. The van der Waals surface area contributed by atoms with Crippen molar-refractivity contribution in [1.82, 2.24) is 10.2 Å². The maximum absolute atomic E-state index is 11.9. The second-order valence-corrected chi connectivity index (χ2v) is 4.65. The minimum absolute atomic E-state index is 0.111. The van der Waals surface area contributed by atoms with Gasteiger partial charge in [0.05, 0.1) is 12.6 Å². The van der Waals surface area contributed by atoms with Crippen LogP contribution in [-0.4, -0.2) is 49.7 Å². The van der Waals surface area contributed by atoms with E-state index in [-0.39, 0.29) is 11.9 Å². The van der Waals surface area contributed by atoms with Gasteiger partial charge in [-0.2, -0.15) is 0 Å². The van der Waals surface area contributed by atoms with Crippen LogP contribution in [0.25, 0.3) is 0 Å². The molecule has 1 fully saturated rings. The van der Waals surface area contributed by atoms with Gasteiger partial charge in [0, 0.05) is 26.2 Å². The van der Waals surface area contributed by atoms with Gasteiger partial charge in [-0.15, -0.1) is 0 Å². The topological polar surface area (TPSA) is 41.6 Å². The summed E-state index contributed by atoms with van der Waals surface area (Å²) in [6, 6.07) is 0.229. The van der Waals surface area contributed by atoms with E-state index in [0.29, 0.717) is 12.0 Å². The smallest absolute Gasteiger partial charge is 0.239 e. The highest BCUT2D eigenvalue weighted by Gasteiger charge is 2.25. The van der Waals surface area contributed by atoms with Gasteiger partial charge >= 0.3 is 0 Å². The Morgan fingerprint density at radius 1 is 1.56 bits per heavy atom. The predicted molar refractivity (Wildman–Crippen MR) is 64.3 cm³/mol. The number of nitrogens with zero attached hydrogens (tertiary/aromatic N) is 1. The summed E-state index contributed by atoms with van der Waals surface area (Å²) < 4.78 is 5.35. The average Bonchev–Trinajstić information content (AvgIpc) is 2.80. The number of rotatable bonds is 5. The molecule has 3 atom stereocenters. The molecule has 0 radical (unpaired) electrons. The van der Waals surface area contributed by atoms with Crippen molar-refractivity contribution >= 4 is 5.91 Å². The highest BCUT2D eigenvalue weighted by molar-refractivity contribution is 5.81. The first kappa shape index (κ1) is 13.5. The number of carbonyl (C=O) groups is 1. The Bertz CT molecular complexity index is 227. The van der Waals surface area contributed by atoms with Crippen LogP contribution in [0, 0.1) is 5.92 Å². The molecule has 0 aromatic rings. The van der Waals surface area contributed by atoms with Crippen molar-refractivity contribution < 1.29 is 9.53 Å². The summed E-state index contributed by atoms with van der Waals surface area (Å²) in [4.78, 5) is 13.6. The number of hydrogen-bond acceptors (Lipinski definition) is 3. The Morgan fingerprint density at radius 2 is 2.25 bits per heavy atom. The Kier molecular flexibility index (Phi) is 5.22. The number of amides is 1. The minimum atomic E-state index is -0.111. The van der Waals surface area contributed by atoms with Crippen LogP contribution in [0.2, 0.25) is 0 Å². The molecule has 94 valence electrons. The third kappa shape index (κ3) is 3.46. The quantitative estimate of drug-likeness (QED) is 0.759. The normalized spacial score (nSPS) is 24.1. The van der Waals surface area contributed by atoms with Crippen molar-refractivity contribution in [1.29, 1.82) is 0 Å². The lowest BCUT2D eigenvalue weighted by atomic mass is 10.00. The molecular weight excluding hydrogens is 204 g/mol. The first-order valence-electron chi connectivity index (χ1n) is 6.15. The summed E-state index contributed by atoms with van der Waals surface area (Å²) in [6.07, 6.45) is 1.10. The summed E-state index contributed by atoms with van der Waals surface area (Å²) in [7, 11) is 1.84. The van der Waals surface area contributed by atoms with Crippen LogP contribution in [-0.2, 0) is 9.53 Å². The van der Waals surface area contributed by atoms with Crippen molar-refractivity contribution in [3.8, 4) is 0 Å². The van der Waals surface area contributed by atoms with Gasteiger partial charge in [-0.05, 0) is 33.1 Å². The molecule has 0 aliphatic carbocycles. The molecule has 0 saturated carbocycles. The van der Waals surface area contributed by atoms with E-state index in [0.717, 1.165) is 26.2 Å². The second-order valence-electron chi connectivity index (χ2n) is 4.65. The SMILES string of the molecule is CCN(C)C(=O)C(C)NC(C)C1CCOC1. The van der Waals surface area contributed by atoms with Crippen LogP contribution in [0.1, 0.15) is 27.2 Å². The first-order valence-corrected chi connectivity index (χ1v) is 6.15. The number of carbonyl (C=O) groups excluding carboxylic acids is 1. The summed E-state index contributed by atoms with van der Waals surface area (Å²) in [5.74, 6) is 0.704. The predicted octanol–water partition coefficient (Wildman–Crippen LogP) is 0.868. The zero-order valence-electron chi connectivity index (χ0n) is 10.8. The lowest BCUT2D eigenvalue weighted by molar-refractivity contribution is -0.131. The summed E-state index contributed by atoms with van der Waals surface area (Å²) in [5, 5.41) is 3.37. The first-order chi connectivity index (χ1) is 7.56. The second kappa shape index (κ2) is 6.21. The van der Waals surface area contributed by atoms with E-state index in [9.17, 15) is 4.79 Å². The van der Waals surface area contributed by atoms with Gasteiger partial charge in [0.2, 0.25) is 5.91 Å². The molecule has 1 amide bonds. The van der Waals surface area contributed by atoms with Crippen molar-refractivity contribution in [3.05, 3.63) is 0 Å². The van der Waals surface area contributed by atoms with E-state index in [1.165, 1.54) is 0 Å². The molecule has 4 nitrogen and oxygen atoms in total. The maximum atomic E-state index is 11.9. The maximum Gasteiger partial charge on any atom is 0.239 e. The van der Waals surface area contributed by atoms with Gasteiger partial charge in [0.25, 0.3) is 0 Å². The zero-order chi connectivity index (χ0) is 12.1. The molecule has 0 aromatic heterocycles. The highest BCUT2D eigenvalue weighted by Crippen LogP contribution is 2.16. The monoisotopic (exact) mass is 228 g/mol. The van der Waals surface area contributed by atoms with Gasteiger partial charge in [0.15, 0.2) is 0 Å². The zero-order valence-corrected chi connectivity index (χ0v) is 10.8. The summed E-state index contributed by atoms with van der Waals surface area (Å²) in [5.41, 5.74) is 0. The minimum Gasteiger partial charge on any atom is -0.381 e. The Labute approximate surface area is 98.3 Å². The summed E-state index contributed by atoms with van der Waals surface area (Å²) >= 11 is 0. The Balaban J connectivity index is 2.37. The van der Waals surface area contributed by atoms with Crippen LogP contribution in [0.3, 0.4) is 0 Å². The number of likely N-dealkylation sites (N-methyl/N-ethyl adjacent to an activating group) is 1. The van der Waals surface area contributed by atoms with E-state index >= 15 is 0 Å². The fourth-order valence-corrected chi connectivity index (χ4v) is 2.04. The van der Waals surface area contributed by atoms with E-state index < -0.39 is 0 Å². The molecular formula is C12H24N2O2. The number of ether oxygens (including phenoxy) is 1. The van der Waals surface area contributed by atoms with Gasteiger partial charge in [-0.25, -0.2) is 0 Å². The third-order valence-electron chi connectivity index (χ3n) is 3.41. The van der Waals surface area contributed by atoms with Crippen molar-refractivity contribution in [3.63, 3.8) is 0 Å². The largest absolute Gasteiger partial charge is 0.381 e. The van der Waals surface area contributed by atoms with Gasteiger partial charge in [-0.3, -0.25) is 4.79 Å². The van der Waals surface area contributed by atoms with E-state index in [1.54, 1.807) is 4.90 Å². The van der Waals surface area contributed by atoms with Gasteiger partial charge in [-0.1, -0.05) is 0 Å². The molecule has 0 bridgehead atoms. The van der Waals surface area contributed by atoms with Crippen LogP contribution in [0.15, 0.2) is 0 Å². The third-order valence-corrected chi connectivity index (χ3v) is 3.41. The average molecular weight is 228 g/mol. The van der Waals surface area contributed by atoms with Crippen LogP contribution >= 0.6 is 0 Å². The lowest BCUT2D eigenvalue weighted by Gasteiger charge is -2.26. The molecule has 1 saturated heterocycles. The molecule has 1 heterocycles. The van der Waals surface area contributed by atoms with Gasteiger partial charge < -0.3 is 15.0 Å². The highest BCUT2D eigenvalue weighted by atomic mass is 16.5. The van der Waals surface area contributed by atoms with Crippen molar-refractivity contribution in [2.45, 2.75) is 39.3 Å². The number of nitrogens with one attached hydrogen (secondary N) is 1. The van der Waals surface area contributed by atoms with Crippen LogP contribution in [0.4, 0.5) is 0 Å². The summed E-state index contributed by atoms with van der Waals surface area (Å²) in [6.45, 7) is 8.48. The van der Waals surface area contributed by atoms with E-state index in [1.807, 2.05) is 20.9 Å². The van der Waals surface area contributed by atoms with E-state index in [4.69, 9.17) is 4.74 Å². The molecule has 1 aliphatic heterocycles. The molecule has 4 heteroatoms. The molecule has 16 heavy (non-hydrogen) atoms. The van der Waals surface area contributed by atoms with Crippen LogP contribution < -0.4 is 5.32 Å². The standard InChI is InChI=1S/C12H24N2O2/c1-5-14(4)12(15)10(3)13-9(2)11-6-7-16-8-11/h9-11,13H,5-8H2,1-4H3. The number of hydrogen-bond donors (Lipinski definition) is 1. The molecule has 1 rings (SSSR count). The Hall–Kier alpha value is -0.610.